The molecule has 0 aliphatic carbocycles. The molecule has 2 aliphatic heterocycles. The number of esters is 1. The maximum Gasteiger partial charge on any atom is 0.341 e. The number of ether oxygens (including phenoxy) is 2. The van der Waals surface area contributed by atoms with Crippen molar-refractivity contribution < 1.29 is 37.5 Å². The van der Waals surface area contributed by atoms with Crippen molar-refractivity contribution in [2.24, 2.45) is 0 Å². The molecule has 3 aromatic rings. The Kier molecular flexibility index (Phi) is 3.32. The average Bonchev–Trinajstić information content (AvgIpc) is 2.94. The Morgan fingerprint density at radius 3 is 1.97 bits per heavy atom. The van der Waals surface area contributed by atoms with E-state index in [1.165, 1.54) is 48.5 Å². The number of hydrogen-bond acceptors (Lipinski definition) is 7. The molecule has 2 heterocycles. The number of benzene rings is 3. The molecule has 0 saturated heterocycles. The molecule has 146 valence electrons. The van der Waals surface area contributed by atoms with E-state index in [9.17, 15) is 28.0 Å². The second kappa shape index (κ2) is 5.49. The lowest BCUT2D eigenvalue weighted by Gasteiger charge is -2.36. The highest BCUT2D eigenvalue weighted by Gasteiger charge is 2.55. The predicted octanol–water partition coefficient (Wildman–Crippen LogP) is 2.91. The van der Waals surface area contributed by atoms with E-state index in [2.05, 4.69) is 0 Å². The van der Waals surface area contributed by atoms with Crippen LogP contribution < -0.4 is 4.74 Å². The molecule has 0 atom stereocenters. The standard InChI is InChI=1S/C20H12O8S/c21-10-4-6-12-15(8-10)27-16-9-11(22)5-7-13(16)20(12)14-2-1-3-17(29(24,25)26)18(14)19(23)28-20/h1-9,21-22H,(H,24,25,26). The number of fused-ring (bicyclic) bond motifs is 6. The molecule has 0 aromatic heterocycles. The van der Waals surface area contributed by atoms with Gasteiger partial charge >= 0.3 is 5.97 Å². The van der Waals surface area contributed by atoms with Gasteiger partial charge in [-0.25, -0.2) is 4.79 Å². The van der Waals surface area contributed by atoms with Gasteiger partial charge in [-0.1, -0.05) is 12.1 Å². The van der Waals surface area contributed by atoms with Gasteiger partial charge in [0.2, 0.25) is 0 Å². The molecule has 1 spiro atoms. The smallest absolute Gasteiger partial charge is 0.341 e. The Balaban J connectivity index is 1.93. The third-order valence-corrected chi connectivity index (χ3v) is 5.94. The van der Waals surface area contributed by atoms with Crippen molar-refractivity contribution in [1.82, 2.24) is 0 Å². The van der Waals surface area contributed by atoms with Crippen LogP contribution in [-0.2, 0) is 20.5 Å². The van der Waals surface area contributed by atoms with Crippen LogP contribution in [0.5, 0.6) is 23.0 Å². The second-order valence-corrected chi connectivity index (χ2v) is 8.08. The van der Waals surface area contributed by atoms with Crippen LogP contribution in [0.3, 0.4) is 0 Å². The van der Waals surface area contributed by atoms with E-state index in [0.29, 0.717) is 11.1 Å². The van der Waals surface area contributed by atoms with E-state index >= 15 is 0 Å². The van der Waals surface area contributed by atoms with Crippen molar-refractivity contribution in [1.29, 1.82) is 0 Å². The first-order valence-corrected chi connectivity index (χ1v) is 9.85. The summed E-state index contributed by atoms with van der Waals surface area (Å²) in [7, 11) is -4.70. The summed E-state index contributed by atoms with van der Waals surface area (Å²) in [5.74, 6) is -0.798. The van der Waals surface area contributed by atoms with Crippen molar-refractivity contribution in [3.8, 4) is 23.0 Å². The molecule has 0 fully saturated rings. The molecule has 29 heavy (non-hydrogen) atoms. The van der Waals surface area contributed by atoms with Crippen molar-refractivity contribution in [2.75, 3.05) is 0 Å². The minimum absolute atomic E-state index is 0.0984. The molecule has 3 aromatic carbocycles. The highest BCUT2D eigenvalue weighted by Crippen LogP contribution is 2.57. The summed E-state index contributed by atoms with van der Waals surface area (Å²) < 4.78 is 44.9. The summed E-state index contributed by atoms with van der Waals surface area (Å²) in [4.78, 5) is 12.3. The quantitative estimate of drug-likeness (QED) is 0.411. The highest BCUT2D eigenvalue weighted by molar-refractivity contribution is 7.86. The van der Waals surface area contributed by atoms with Crippen LogP contribution in [0.1, 0.15) is 27.0 Å². The Bertz CT molecular complexity index is 1270. The summed E-state index contributed by atoms with van der Waals surface area (Å²) in [6, 6.07) is 12.4. The molecule has 0 unspecified atom stereocenters. The van der Waals surface area contributed by atoms with Crippen molar-refractivity contribution >= 4 is 16.1 Å². The fraction of sp³-hybridized carbons (Fsp3) is 0.0500. The van der Waals surface area contributed by atoms with Crippen LogP contribution in [0, 0.1) is 0 Å². The van der Waals surface area contributed by atoms with Gasteiger partial charge in [-0.15, -0.1) is 0 Å². The van der Waals surface area contributed by atoms with Crippen LogP contribution in [0.2, 0.25) is 0 Å². The average molecular weight is 412 g/mol. The van der Waals surface area contributed by atoms with Crippen LogP contribution in [0.4, 0.5) is 0 Å². The van der Waals surface area contributed by atoms with Gasteiger partial charge in [0.25, 0.3) is 10.1 Å². The molecular weight excluding hydrogens is 400 g/mol. The van der Waals surface area contributed by atoms with Crippen molar-refractivity contribution in [2.45, 2.75) is 10.5 Å². The van der Waals surface area contributed by atoms with Gasteiger partial charge in [0.05, 0.1) is 5.56 Å². The van der Waals surface area contributed by atoms with Gasteiger partial charge in [0.1, 0.15) is 27.9 Å². The third-order valence-electron chi connectivity index (χ3n) is 5.04. The van der Waals surface area contributed by atoms with Crippen LogP contribution in [0.25, 0.3) is 0 Å². The Morgan fingerprint density at radius 2 is 1.41 bits per heavy atom. The molecule has 5 rings (SSSR count). The summed E-state index contributed by atoms with van der Waals surface area (Å²) in [5.41, 5.74) is -0.965. The molecule has 0 radical (unpaired) electrons. The van der Waals surface area contributed by atoms with Crippen molar-refractivity contribution in [3.63, 3.8) is 0 Å². The predicted molar refractivity (Wildman–Crippen MR) is 97.8 cm³/mol. The molecular formula is C20H12O8S. The Hall–Kier alpha value is -3.56. The van der Waals surface area contributed by atoms with Crippen LogP contribution >= 0.6 is 0 Å². The first-order valence-electron chi connectivity index (χ1n) is 8.41. The molecule has 8 nitrogen and oxygen atoms in total. The maximum absolute atomic E-state index is 12.8. The van der Waals surface area contributed by atoms with E-state index in [-0.39, 0.29) is 34.1 Å². The zero-order chi connectivity index (χ0) is 20.6. The minimum Gasteiger partial charge on any atom is -0.508 e. The number of phenols is 2. The van der Waals surface area contributed by atoms with Crippen LogP contribution in [-0.4, -0.2) is 29.2 Å². The van der Waals surface area contributed by atoms with E-state index in [0.717, 1.165) is 6.07 Å². The number of aromatic hydroxyl groups is 2. The van der Waals surface area contributed by atoms with E-state index in [4.69, 9.17) is 9.47 Å². The summed E-state index contributed by atoms with van der Waals surface area (Å²) >= 11 is 0. The molecule has 3 N–H and O–H groups in total. The number of carbonyl (C=O) groups is 1. The topological polar surface area (TPSA) is 130 Å². The van der Waals surface area contributed by atoms with E-state index < -0.39 is 26.6 Å². The van der Waals surface area contributed by atoms with Gasteiger partial charge in [-0.3, -0.25) is 4.55 Å². The fourth-order valence-corrected chi connectivity index (χ4v) is 4.63. The summed E-state index contributed by atoms with van der Waals surface area (Å²) in [5, 5.41) is 19.7. The first-order chi connectivity index (χ1) is 13.7. The molecule has 0 bridgehead atoms. The van der Waals surface area contributed by atoms with Gasteiger partial charge < -0.3 is 19.7 Å². The molecule has 9 heteroatoms. The minimum atomic E-state index is -4.70. The van der Waals surface area contributed by atoms with E-state index in [1.54, 1.807) is 0 Å². The molecule has 0 amide bonds. The first kappa shape index (κ1) is 17.5. The number of carbonyl (C=O) groups excluding carboxylic acids is 1. The second-order valence-electron chi connectivity index (χ2n) is 6.69. The third kappa shape index (κ3) is 2.28. The molecule has 2 aliphatic rings. The maximum atomic E-state index is 12.8. The van der Waals surface area contributed by atoms with Crippen molar-refractivity contribution in [3.05, 3.63) is 76.9 Å². The number of rotatable bonds is 1. The molecule has 0 saturated carbocycles. The van der Waals surface area contributed by atoms with Gasteiger partial charge in [-0.05, 0) is 30.3 Å². The SMILES string of the molecule is O=C1OC2(c3ccc(O)cc3Oc3cc(O)ccc32)c2cccc(S(=O)(=O)O)c21. The van der Waals surface area contributed by atoms with Gasteiger partial charge in [0.15, 0.2) is 5.60 Å². The lowest BCUT2D eigenvalue weighted by molar-refractivity contribution is 0.0222. The normalized spacial score (nSPS) is 15.8. The summed E-state index contributed by atoms with van der Waals surface area (Å²) in [6.45, 7) is 0. The zero-order valence-electron chi connectivity index (χ0n) is 14.5. The number of hydrogen-bond donors (Lipinski definition) is 3. The Labute approximate surface area is 164 Å². The fourth-order valence-electron chi connectivity index (χ4n) is 3.93. The lowest BCUT2D eigenvalue weighted by atomic mass is 9.77. The lowest BCUT2D eigenvalue weighted by Crippen LogP contribution is -2.32. The monoisotopic (exact) mass is 412 g/mol. The van der Waals surface area contributed by atoms with Crippen LogP contribution in [0.15, 0.2) is 59.5 Å². The number of phenolic OH excluding ortho intramolecular Hbond substituents is 2. The highest BCUT2D eigenvalue weighted by atomic mass is 32.2. The van der Waals surface area contributed by atoms with Gasteiger partial charge in [0, 0.05) is 28.8 Å². The van der Waals surface area contributed by atoms with Gasteiger partial charge in [-0.2, -0.15) is 8.42 Å². The van der Waals surface area contributed by atoms with E-state index in [1.807, 2.05) is 0 Å². The summed E-state index contributed by atoms with van der Waals surface area (Å²) in [6.07, 6.45) is 0. The zero-order valence-corrected chi connectivity index (χ0v) is 15.3. The Morgan fingerprint density at radius 1 is 0.828 bits per heavy atom. The largest absolute Gasteiger partial charge is 0.508 e.